The summed E-state index contributed by atoms with van der Waals surface area (Å²) >= 11 is 0. The average Bonchev–Trinajstić information content (AvgIpc) is 2.87. The summed E-state index contributed by atoms with van der Waals surface area (Å²) in [6.45, 7) is 5.11. The molecule has 2 heterocycles. The van der Waals surface area contributed by atoms with Crippen molar-refractivity contribution < 1.29 is 19.1 Å². The lowest BCUT2D eigenvalue weighted by atomic mass is 9.83. The van der Waals surface area contributed by atoms with E-state index in [4.69, 9.17) is 4.42 Å². The number of amides is 3. The summed E-state index contributed by atoms with van der Waals surface area (Å²) in [7, 11) is 0. The fourth-order valence-corrected chi connectivity index (χ4v) is 2.20. The van der Waals surface area contributed by atoms with Gasteiger partial charge in [-0.3, -0.25) is 15.0 Å². The molecule has 7 nitrogen and oxygen atoms in total. The molecule has 0 radical (unpaired) electrons. The third kappa shape index (κ3) is 4.05. The molecule has 2 rings (SSSR count). The lowest BCUT2D eigenvalue weighted by Gasteiger charge is -2.48. The van der Waals surface area contributed by atoms with Gasteiger partial charge in [0.05, 0.1) is 25.0 Å². The van der Waals surface area contributed by atoms with Crippen LogP contribution in [0.5, 0.6) is 0 Å². The fourth-order valence-electron chi connectivity index (χ4n) is 2.20. The standard InChI is InChI=1S/C14H21N3O4/c1-10(2)14(20)8-17(9-14)7-12(18)16-13(19)15-6-11-4-3-5-21-11/h3-5,10,20H,6-9H2,1-2H3,(H2,15,16,18,19). The zero-order chi connectivity index (χ0) is 15.5. The summed E-state index contributed by atoms with van der Waals surface area (Å²) in [5.41, 5.74) is -0.720. The van der Waals surface area contributed by atoms with Crippen LogP contribution in [0.2, 0.25) is 0 Å². The van der Waals surface area contributed by atoms with Gasteiger partial charge in [-0.1, -0.05) is 13.8 Å². The van der Waals surface area contributed by atoms with Crippen molar-refractivity contribution in [3.05, 3.63) is 24.2 Å². The molecule has 3 amide bonds. The Morgan fingerprint density at radius 3 is 2.76 bits per heavy atom. The van der Waals surface area contributed by atoms with E-state index in [-0.39, 0.29) is 19.0 Å². The van der Waals surface area contributed by atoms with Crippen molar-refractivity contribution in [2.24, 2.45) is 5.92 Å². The second kappa shape index (κ2) is 6.28. The van der Waals surface area contributed by atoms with Gasteiger partial charge in [0.1, 0.15) is 5.76 Å². The maximum absolute atomic E-state index is 11.7. The largest absolute Gasteiger partial charge is 0.467 e. The van der Waals surface area contributed by atoms with Crippen molar-refractivity contribution >= 4 is 11.9 Å². The van der Waals surface area contributed by atoms with Crippen molar-refractivity contribution in [1.29, 1.82) is 0 Å². The van der Waals surface area contributed by atoms with Gasteiger partial charge in [-0.15, -0.1) is 0 Å². The van der Waals surface area contributed by atoms with E-state index in [2.05, 4.69) is 10.6 Å². The molecule has 1 aliphatic heterocycles. The Labute approximate surface area is 123 Å². The van der Waals surface area contributed by atoms with Crippen LogP contribution in [0.3, 0.4) is 0 Å². The van der Waals surface area contributed by atoms with Crippen LogP contribution in [0.4, 0.5) is 4.79 Å². The molecule has 1 aliphatic rings. The number of carbonyl (C=O) groups excluding carboxylic acids is 2. The van der Waals surface area contributed by atoms with Crippen LogP contribution < -0.4 is 10.6 Å². The summed E-state index contributed by atoms with van der Waals surface area (Å²) in [6.07, 6.45) is 1.51. The molecule has 0 saturated carbocycles. The first-order chi connectivity index (χ1) is 9.89. The Morgan fingerprint density at radius 1 is 1.48 bits per heavy atom. The molecule has 21 heavy (non-hydrogen) atoms. The van der Waals surface area contributed by atoms with Gasteiger partial charge in [0, 0.05) is 13.1 Å². The van der Waals surface area contributed by atoms with Crippen molar-refractivity contribution in [1.82, 2.24) is 15.5 Å². The van der Waals surface area contributed by atoms with Gasteiger partial charge >= 0.3 is 6.03 Å². The molecular weight excluding hydrogens is 274 g/mol. The number of hydrogen-bond acceptors (Lipinski definition) is 5. The molecule has 0 aromatic carbocycles. The number of hydrogen-bond donors (Lipinski definition) is 3. The van der Waals surface area contributed by atoms with E-state index in [0.717, 1.165) is 0 Å². The molecule has 0 unspecified atom stereocenters. The van der Waals surface area contributed by atoms with E-state index in [1.807, 2.05) is 13.8 Å². The van der Waals surface area contributed by atoms with Gasteiger partial charge in [-0.05, 0) is 18.1 Å². The molecule has 1 aromatic rings. The Kier molecular flexibility index (Phi) is 4.64. The second-order valence-electron chi connectivity index (χ2n) is 5.71. The first-order valence-electron chi connectivity index (χ1n) is 6.94. The highest BCUT2D eigenvalue weighted by molar-refractivity contribution is 5.95. The predicted octanol–water partition coefficient (Wildman–Crippen LogP) is 0.308. The molecule has 7 heteroatoms. The number of β-amino-alcohol motifs (C(OH)–C–C–N with tert-alkyl or cyclic N) is 1. The van der Waals surface area contributed by atoms with Gasteiger partial charge in [0.2, 0.25) is 5.91 Å². The number of nitrogens with zero attached hydrogens (tertiary/aromatic N) is 1. The minimum Gasteiger partial charge on any atom is -0.467 e. The highest BCUT2D eigenvalue weighted by atomic mass is 16.3. The molecule has 0 aliphatic carbocycles. The van der Waals surface area contributed by atoms with Crippen molar-refractivity contribution in [3.63, 3.8) is 0 Å². The van der Waals surface area contributed by atoms with Gasteiger partial charge in [0.25, 0.3) is 0 Å². The third-order valence-corrected chi connectivity index (χ3v) is 3.69. The van der Waals surface area contributed by atoms with Crippen molar-refractivity contribution in [2.75, 3.05) is 19.6 Å². The SMILES string of the molecule is CC(C)C1(O)CN(CC(=O)NC(=O)NCc2ccco2)C1. The van der Waals surface area contributed by atoms with Gasteiger partial charge < -0.3 is 14.8 Å². The smallest absolute Gasteiger partial charge is 0.321 e. The first-order valence-corrected chi connectivity index (χ1v) is 6.94. The number of likely N-dealkylation sites (tertiary alicyclic amines) is 1. The number of furan rings is 1. The topological polar surface area (TPSA) is 94.8 Å². The highest BCUT2D eigenvalue weighted by Crippen LogP contribution is 2.27. The van der Waals surface area contributed by atoms with Crippen LogP contribution >= 0.6 is 0 Å². The lowest BCUT2D eigenvalue weighted by molar-refractivity contribution is -0.141. The predicted molar refractivity (Wildman–Crippen MR) is 75.3 cm³/mol. The van der Waals surface area contributed by atoms with Crippen LogP contribution in [0, 0.1) is 5.92 Å². The van der Waals surface area contributed by atoms with Gasteiger partial charge in [-0.25, -0.2) is 4.79 Å². The molecule has 1 saturated heterocycles. The number of aliphatic hydroxyl groups is 1. The summed E-state index contributed by atoms with van der Waals surface area (Å²) < 4.78 is 5.06. The number of urea groups is 1. The molecule has 0 bridgehead atoms. The molecule has 1 fully saturated rings. The normalized spacial score (nSPS) is 17.3. The van der Waals surface area contributed by atoms with E-state index in [0.29, 0.717) is 18.8 Å². The fraction of sp³-hybridized carbons (Fsp3) is 0.571. The third-order valence-electron chi connectivity index (χ3n) is 3.69. The Bertz CT molecular complexity index is 492. The number of nitrogens with one attached hydrogen (secondary N) is 2. The van der Waals surface area contributed by atoms with Crippen LogP contribution in [0.25, 0.3) is 0 Å². The molecule has 0 spiro atoms. The van der Waals surface area contributed by atoms with Gasteiger partial charge in [-0.2, -0.15) is 0 Å². The minimum atomic E-state index is -0.720. The maximum Gasteiger partial charge on any atom is 0.321 e. The second-order valence-corrected chi connectivity index (χ2v) is 5.71. The van der Waals surface area contributed by atoms with Crippen LogP contribution in [-0.4, -0.2) is 47.2 Å². The Hall–Kier alpha value is -1.86. The van der Waals surface area contributed by atoms with E-state index in [1.54, 1.807) is 17.0 Å². The monoisotopic (exact) mass is 295 g/mol. The molecule has 1 aromatic heterocycles. The Balaban J connectivity index is 1.65. The molecule has 3 N–H and O–H groups in total. The maximum atomic E-state index is 11.7. The zero-order valence-electron chi connectivity index (χ0n) is 12.3. The average molecular weight is 295 g/mol. The first kappa shape index (κ1) is 15.5. The highest BCUT2D eigenvalue weighted by Gasteiger charge is 2.43. The molecule has 116 valence electrons. The quantitative estimate of drug-likeness (QED) is 0.726. The van der Waals surface area contributed by atoms with Crippen LogP contribution in [0.1, 0.15) is 19.6 Å². The summed E-state index contributed by atoms with van der Waals surface area (Å²) in [5.74, 6) is 0.369. The summed E-state index contributed by atoms with van der Waals surface area (Å²) in [5, 5.41) is 14.9. The van der Waals surface area contributed by atoms with E-state index >= 15 is 0 Å². The van der Waals surface area contributed by atoms with Crippen LogP contribution in [-0.2, 0) is 11.3 Å². The van der Waals surface area contributed by atoms with Crippen molar-refractivity contribution in [2.45, 2.75) is 26.0 Å². The van der Waals surface area contributed by atoms with E-state index in [9.17, 15) is 14.7 Å². The van der Waals surface area contributed by atoms with Crippen LogP contribution in [0.15, 0.2) is 22.8 Å². The Morgan fingerprint density at radius 2 is 2.19 bits per heavy atom. The van der Waals surface area contributed by atoms with Crippen molar-refractivity contribution in [3.8, 4) is 0 Å². The van der Waals surface area contributed by atoms with Gasteiger partial charge in [0.15, 0.2) is 0 Å². The summed E-state index contributed by atoms with van der Waals surface area (Å²) in [4.78, 5) is 25.0. The lowest BCUT2D eigenvalue weighted by Crippen LogP contribution is -2.66. The van der Waals surface area contributed by atoms with E-state index < -0.39 is 17.5 Å². The number of carbonyl (C=O) groups is 2. The van der Waals surface area contributed by atoms with E-state index in [1.165, 1.54) is 6.26 Å². The minimum absolute atomic E-state index is 0.100. The molecular formula is C14H21N3O4. The molecule has 0 atom stereocenters. The number of imide groups is 1. The zero-order valence-corrected chi connectivity index (χ0v) is 12.3. The number of rotatable bonds is 5. The summed E-state index contributed by atoms with van der Waals surface area (Å²) in [6, 6.07) is 2.89.